The molecule has 1 saturated heterocycles. The molecule has 1 aromatic heterocycles. The van der Waals surface area contributed by atoms with Crippen molar-refractivity contribution in [2.45, 2.75) is 44.6 Å². The van der Waals surface area contributed by atoms with E-state index in [1.54, 1.807) is 12.4 Å². The van der Waals surface area contributed by atoms with Crippen LogP contribution in [0.4, 0.5) is 5.69 Å². The van der Waals surface area contributed by atoms with Crippen LogP contribution in [0.1, 0.15) is 38.5 Å². The zero-order chi connectivity index (χ0) is 18.5. The van der Waals surface area contributed by atoms with Crippen molar-refractivity contribution in [1.29, 1.82) is 0 Å². The Morgan fingerprint density at radius 2 is 1.93 bits per heavy atom. The van der Waals surface area contributed by atoms with Crippen LogP contribution in [-0.4, -0.2) is 34.9 Å². The Morgan fingerprint density at radius 1 is 1.07 bits per heavy atom. The summed E-state index contributed by atoms with van der Waals surface area (Å²) in [6.45, 7) is 2.01. The fourth-order valence-corrected chi connectivity index (χ4v) is 4.25. The Morgan fingerprint density at radius 3 is 2.74 bits per heavy atom. The highest BCUT2D eigenvalue weighted by atomic mass is 16.5. The first-order chi connectivity index (χ1) is 13.3. The number of likely N-dealkylation sites (tertiary alicyclic amines) is 1. The third-order valence-corrected chi connectivity index (χ3v) is 5.67. The Kier molecular flexibility index (Phi) is 5.68. The van der Waals surface area contributed by atoms with E-state index < -0.39 is 0 Å². The second-order valence-electron chi connectivity index (χ2n) is 7.55. The van der Waals surface area contributed by atoms with Crippen LogP contribution in [0, 0.1) is 5.92 Å². The smallest absolute Gasteiger partial charge is 0.228 e. The Bertz CT molecular complexity index is 759. The molecular formula is C22H27N3O2. The monoisotopic (exact) mass is 365 g/mol. The number of ether oxygens (including phenoxy) is 1. The number of hydrogen-bond donors (Lipinski definition) is 1. The average Bonchev–Trinajstić information content (AvgIpc) is 3.25. The lowest BCUT2D eigenvalue weighted by molar-refractivity contribution is -0.121. The summed E-state index contributed by atoms with van der Waals surface area (Å²) in [7, 11) is 0. The molecule has 0 spiro atoms. The lowest BCUT2D eigenvalue weighted by Gasteiger charge is -2.36. The van der Waals surface area contributed by atoms with Gasteiger partial charge in [0.2, 0.25) is 5.91 Å². The second kappa shape index (κ2) is 8.53. The molecular weight excluding hydrogens is 338 g/mol. The first kappa shape index (κ1) is 18.0. The topological polar surface area (TPSA) is 54.5 Å². The maximum Gasteiger partial charge on any atom is 0.228 e. The third kappa shape index (κ3) is 4.48. The molecule has 0 radical (unpaired) electrons. The summed E-state index contributed by atoms with van der Waals surface area (Å²) < 4.78 is 5.91. The van der Waals surface area contributed by atoms with E-state index in [2.05, 4.69) is 15.2 Å². The van der Waals surface area contributed by atoms with Gasteiger partial charge in [0.15, 0.2) is 5.75 Å². The maximum atomic E-state index is 12.9. The van der Waals surface area contributed by atoms with Crippen LogP contribution in [0.2, 0.25) is 0 Å². The Balaban J connectivity index is 1.42. The molecule has 1 N–H and O–H groups in total. The highest BCUT2D eigenvalue weighted by Crippen LogP contribution is 2.31. The van der Waals surface area contributed by atoms with Gasteiger partial charge in [0.05, 0.1) is 17.8 Å². The summed E-state index contributed by atoms with van der Waals surface area (Å²) in [6.07, 6.45) is 10.7. The lowest BCUT2D eigenvalue weighted by Crippen LogP contribution is -2.44. The van der Waals surface area contributed by atoms with Crippen molar-refractivity contribution in [2.24, 2.45) is 5.92 Å². The summed E-state index contributed by atoms with van der Waals surface area (Å²) in [4.78, 5) is 19.5. The molecule has 5 heteroatoms. The van der Waals surface area contributed by atoms with E-state index in [4.69, 9.17) is 4.74 Å². The molecule has 2 aliphatic rings. The van der Waals surface area contributed by atoms with E-state index in [0.29, 0.717) is 23.2 Å². The number of aromatic nitrogens is 1. The summed E-state index contributed by atoms with van der Waals surface area (Å²) in [5.41, 5.74) is 0.712. The van der Waals surface area contributed by atoms with E-state index in [9.17, 15) is 4.79 Å². The van der Waals surface area contributed by atoms with Gasteiger partial charge < -0.3 is 10.1 Å². The van der Waals surface area contributed by atoms with Gasteiger partial charge in [0, 0.05) is 18.8 Å². The van der Waals surface area contributed by atoms with Gasteiger partial charge in [-0.15, -0.1) is 0 Å². The van der Waals surface area contributed by atoms with Gasteiger partial charge in [-0.05, 0) is 56.5 Å². The Labute approximate surface area is 160 Å². The van der Waals surface area contributed by atoms with Crippen molar-refractivity contribution in [3.63, 3.8) is 0 Å². The molecule has 1 aliphatic carbocycles. The van der Waals surface area contributed by atoms with Crippen LogP contribution in [0.5, 0.6) is 11.5 Å². The van der Waals surface area contributed by atoms with Crippen molar-refractivity contribution in [2.75, 3.05) is 18.4 Å². The standard InChI is InChI=1S/C22H27N3O2/c26-22(17-7-6-14-25(16-17)18-8-1-2-9-18)24-20-11-3-4-12-21(20)27-19-10-5-13-23-15-19/h3-5,10-13,15,17-18H,1-2,6-9,14,16H2,(H,24,26). The molecule has 4 rings (SSSR count). The quantitative estimate of drug-likeness (QED) is 0.849. The SMILES string of the molecule is O=C(Nc1ccccc1Oc1cccnc1)C1CCCN(C2CCCC2)C1. The number of nitrogens with one attached hydrogen (secondary N) is 1. The average molecular weight is 365 g/mol. The fraction of sp³-hybridized carbons (Fsp3) is 0.455. The van der Waals surface area contributed by atoms with Gasteiger partial charge in [-0.1, -0.05) is 25.0 Å². The van der Waals surface area contributed by atoms with Gasteiger partial charge in [-0.25, -0.2) is 0 Å². The zero-order valence-electron chi connectivity index (χ0n) is 15.6. The molecule has 1 aromatic carbocycles. The van der Waals surface area contributed by atoms with Gasteiger partial charge in [-0.2, -0.15) is 0 Å². The van der Waals surface area contributed by atoms with Gasteiger partial charge >= 0.3 is 0 Å². The molecule has 1 amide bonds. The molecule has 27 heavy (non-hydrogen) atoms. The molecule has 1 saturated carbocycles. The minimum Gasteiger partial charge on any atom is -0.454 e. The van der Waals surface area contributed by atoms with Crippen molar-refractivity contribution in [3.05, 3.63) is 48.8 Å². The van der Waals surface area contributed by atoms with E-state index in [1.807, 2.05) is 36.4 Å². The number of pyridine rings is 1. The number of hydrogen-bond acceptors (Lipinski definition) is 4. The minimum atomic E-state index is 0.0470. The lowest BCUT2D eigenvalue weighted by atomic mass is 9.95. The summed E-state index contributed by atoms with van der Waals surface area (Å²) in [5.74, 6) is 1.44. The molecule has 1 aliphatic heterocycles. The van der Waals surface area contributed by atoms with E-state index in [-0.39, 0.29) is 11.8 Å². The van der Waals surface area contributed by atoms with Gasteiger partial charge in [0.1, 0.15) is 5.75 Å². The number of amides is 1. The van der Waals surface area contributed by atoms with E-state index in [0.717, 1.165) is 25.9 Å². The molecule has 2 heterocycles. The number of carbonyl (C=O) groups is 1. The number of anilines is 1. The molecule has 2 fully saturated rings. The summed E-state index contributed by atoms with van der Waals surface area (Å²) >= 11 is 0. The number of piperidine rings is 1. The highest BCUT2D eigenvalue weighted by molar-refractivity contribution is 5.94. The third-order valence-electron chi connectivity index (χ3n) is 5.67. The Hall–Kier alpha value is -2.40. The normalized spacial score (nSPS) is 21.1. The summed E-state index contributed by atoms with van der Waals surface area (Å²) in [6, 6.07) is 11.9. The van der Waals surface area contributed by atoms with Crippen LogP contribution in [0.25, 0.3) is 0 Å². The number of nitrogens with zero attached hydrogens (tertiary/aromatic N) is 2. The van der Waals surface area contributed by atoms with Gasteiger partial charge in [-0.3, -0.25) is 14.7 Å². The number of rotatable bonds is 5. The molecule has 0 bridgehead atoms. The van der Waals surface area contributed by atoms with Crippen molar-refractivity contribution in [3.8, 4) is 11.5 Å². The molecule has 142 valence electrons. The van der Waals surface area contributed by atoms with Crippen LogP contribution in [-0.2, 0) is 4.79 Å². The largest absolute Gasteiger partial charge is 0.454 e. The highest BCUT2D eigenvalue weighted by Gasteiger charge is 2.31. The second-order valence-corrected chi connectivity index (χ2v) is 7.55. The maximum absolute atomic E-state index is 12.9. The minimum absolute atomic E-state index is 0.0470. The summed E-state index contributed by atoms with van der Waals surface area (Å²) in [5, 5.41) is 3.10. The first-order valence-electron chi connectivity index (χ1n) is 10.0. The fourth-order valence-electron chi connectivity index (χ4n) is 4.25. The molecule has 1 unspecified atom stereocenters. The van der Waals surface area contributed by atoms with Crippen molar-refractivity contribution >= 4 is 11.6 Å². The van der Waals surface area contributed by atoms with Crippen LogP contribution in [0.15, 0.2) is 48.8 Å². The van der Waals surface area contributed by atoms with E-state index >= 15 is 0 Å². The predicted molar refractivity (Wildman–Crippen MR) is 106 cm³/mol. The molecule has 2 aromatic rings. The van der Waals surface area contributed by atoms with Gasteiger partial charge in [0.25, 0.3) is 0 Å². The van der Waals surface area contributed by atoms with Crippen molar-refractivity contribution < 1.29 is 9.53 Å². The number of carbonyl (C=O) groups excluding carboxylic acids is 1. The zero-order valence-corrected chi connectivity index (χ0v) is 15.6. The predicted octanol–water partition coefficient (Wildman–Crippen LogP) is 4.47. The number of para-hydroxylation sites is 2. The first-order valence-corrected chi connectivity index (χ1v) is 10.0. The van der Waals surface area contributed by atoms with Crippen LogP contribution < -0.4 is 10.1 Å². The molecule has 5 nitrogen and oxygen atoms in total. The van der Waals surface area contributed by atoms with Crippen LogP contribution in [0.3, 0.4) is 0 Å². The van der Waals surface area contributed by atoms with Crippen molar-refractivity contribution in [1.82, 2.24) is 9.88 Å². The van der Waals surface area contributed by atoms with E-state index in [1.165, 1.54) is 25.7 Å². The van der Waals surface area contributed by atoms with Crippen LogP contribution >= 0.6 is 0 Å². The molecule has 1 atom stereocenters. The number of benzene rings is 1.